The zero-order chi connectivity index (χ0) is 40.1. The number of rotatable bonds is 4. The van der Waals surface area contributed by atoms with Crippen molar-refractivity contribution in [1.29, 1.82) is 0 Å². The van der Waals surface area contributed by atoms with Gasteiger partial charge < -0.3 is 0 Å². The lowest BCUT2D eigenvalue weighted by Gasteiger charge is -2.43. The molecule has 0 amide bonds. The van der Waals surface area contributed by atoms with Crippen LogP contribution in [0.1, 0.15) is 128 Å². The predicted molar refractivity (Wildman–Crippen MR) is 254 cm³/mol. The van der Waals surface area contributed by atoms with E-state index in [1.165, 1.54) is 103 Å². The van der Waals surface area contributed by atoms with Gasteiger partial charge in [0.2, 0.25) is 0 Å². The van der Waals surface area contributed by atoms with Crippen LogP contribution in [0, 0.1) is 5.92 Å². The summed E-state index contributed by atoms with van der Waals surface area (Å²) in [4.78, 5) is 11.8. The van der Waals surface area contributed by atoms with Crippen LogP contribution in [0.15, 0.2) is 150 Å². The van der Waals surface area contributed by atoms with Crippen LogP contribution in [0.4, 0.5) is 0 Å². The van der Waals surface area contributed by atoms with Crippen LogP contribution in [-0.2, 0) is 10.8 Å². The maximum absolute atomic E-state index is 5.28. The van der Waals surface area contributed by atoms with Crippen LogP contribution in [0.2, 0.25) is 0 Å². The summed E-state index contributed by atoms with van der Waals surface area (Å²) in [6, 6.07) is 36.9. The summed E-state index contributed by atoms with van der Waals surface area (Å²) in [5.74, 6) is 1.69. The summed E-state index contributed by atoms with van der Waals surface area (Å²) in [6.45, 7) is 0. The molecule has 0 N–H and O–H groups in total. The second-order valence-electron chi connectivity index (χ2n) is 19.2. The van der Waals surface area contributed by atoms with Crippen molar-refractivity contribution in [3.8, 4) is 22.6 Å². The molecule has 4 aromatic carbocycles. The number of thioether (sulfide) groups is 1. The quantitative estimate of drug-likeness (QED) is 0.181. The standard InChI is InChI=1S/C58H52N2S/c1-5-16-37(17-6-1)52-36-53(60-56(59-52)38-18-7-2-8-19-38)43-22-15-21-42-47-33-40(25-27-54(47)61-55(42)43)39-24-26-49-44(32-39)46-35-50-45(34-51(46)58(49)30-13-4-14-31-58)41-20-9-10-23-48(41)57(50)28-11-3-12-29-57/h1-2,5,7-10,15-16,18-27,32-33,35-36,47,51,54H,3-4,6,11-14,17,28-31,34H2. The first-order chi connectivity index (χ1) is 30.2. The van der Waals surface area contributed by atoms with E-state index in [0.717, 1.165) is 35.6 Å². The van der Waals surface area contributed by atoms with Gasteiger partial charge in [-0.1, -0.05) is 166 Å². The van der Waals surface area contributed by atoms with Gasteiger partial charge in [0, 0.05) is 38.0 Å². The van der Waals surface area contributed by atoms with Crippen molar-refractivity contribution in [1.82, 2.24) is 9.97 Å². The van der Waals surface area contributed by atoms with E-state index in [1.807, 2.05) is 11.8 Å². The summed E-state index contributed by atoms with van der Waals surface area (Å²) in [5.41, 5.74) is 21.7. The van der Waals surface area contributed by atoms with E-state index in [-0.39, 0.29) is 10.8 Å². The van der Waals surface area contributed by atoms with Crippen molar-refractivity contribution in [2.75, 3.05) is 0 Å². The Kier molecular flexibility index (Phi) is 8.44. The Morgan fingerprint density at radius 3 is 2.33 bits per heavy atom. The molecule has 13 rings (SSSR count). The van der Waals surface area contributed by atoms with Crippen molar-refractivity contribution in [3.63, 3.8) is 0 Å². The first kappa shape index (κ1) is 36.4. The highest BCUT2D eigenvalue weighted by Crippen LogP contribution is 2.66. The molecule has 3 atom stereocenters. The molecule has 0 radical (unpaired) electrons. The van der Waals surface area contributed by atoms with Gasteiger partial charge in [-0.25, -0.2) is 9.97 Å². The SMILES string of the molecule is C1=CCCC(c2cc(-c3cccc4c3SC3C=CC(c5ccc6c(c5)C5=CC7=C(CC5C65CCCCC5)c5ccccc5C75CCCCC5)=CC43)nc(-c3ccccc3)n2)=C1. The Morgan fingerprint density at radius 2 is 1.48 bits per heavy atom. The zero-order valence-electron chi connectivity index (χ0n) is 35.0. The molecular formula is C58H52N2S. The fourth-order valence-electron chi connectivity index (χ4n) is 13.4. The van der Waals surface area contributed by atoms with Crippen LogP contribution in [0.25, 0.3) is 44.9 Å². The molecule has 2 spiro atoms. The van der Waals surface area contributed by atoms with Gasteiger partial charge >= 0.3 is 0 Å². The van der Waals surface area contributed by atoms with E-state index < -0.39 is 0 Å². The van der Waals surface area contributed by atoms with Gasteiger partial charge in [0.1, 0.15) is 0 Å². The molecule has 8 aliphatic rings. The number of hydrogen-bond donors (Lipinski definition) is 0. The van der Waals surface area contributed by atoms with Gasteiger partial charge in [-0.3, -0.25) is 0 Å². The average Bonchev–Trinajstić information content (AvgIpc) is 3.93. The molecule has 2 heterocycles. The molecule has 7 aliphatic carbocycles. The van der Waals surface area contributed by atoms with Gasteiger partial charge in [0.05, 0.1) is 11.4 Å². The lowest BCUT2D eigenvalue weighted by Crippen LogP contribution is -2.35. The first-order valence-corrected chi connectivity index (χ1v) is 24.3. The normalized spacial score (nSPS) is 24.7. The van der Waals surface area contributed by atoms with Crippen LogP contribution in [0.5, 0.6) is 0 Å². The molecule has 2 nitrogen and oxygen atoms in total. The van der Waals surface area contributed by atoms with Crippen molar-refractivity contribution in [2.45, 2.75) is 110 Å². The Bertz CT molecular complexity index is 2830. The number of fused-ring (bicyclic) bond motifs is 12. The monoisotopic (exact) mass is 808 g/mol. The highest BCUT2D eigenvalue weighted by atomic mass is 32.2. The third kappa shape index (κ3) is 5.55. The molecule has 61 heavy (non-hydrogen) atoms. The molecule has 1 aliphatic heterocycles. The molecule has 1 aromatic heterocycles. The third-order valence-electron chi connectivity index (χ3n) is 16.2. The minimum atomic E-state index is 0.208. The van der Waals surface area contributed by atoms with Gasteiger partial charge in [0.15, 0.2) is 5.82 Å². The highest BCUT2D eigenvalue weighted by molar-refractivity contribution is 8.00. The molecule has 0 bridgehead atoms. The number of nitrogens with zero attached hydrogens (tertiary/aromatic N) is 2. The lowest BCUT2D eigenvalue weighted by atomic mass is 9.61. The number of benzene rings is 4. The summed E-state index contributed by atoms with van der Waals surface area (Å²) < 4.78 is 0. The van der Waals surface area contributed by atoms with Gasteiger partial charge in [0.25, 0.3) is 0 Å². The molecule has 0 saturated heterocycles. The van der Waals surface area contributed by atoms with E-state index >= 15 is 0 Å². The zero-order valence-corrected chi connectivity index (χ0v) is 35.8. The summed E-state index contributed by atoms with van der Waals surface area (Å²) in [7, 11) is 0. The van der Waals surface area contributed by atoms with E-state index in [1.54, 1.807) is 39.0 Å². The molecule has 3 heteroatoms. The summed E-state index contributed by atoms with van der Waals surface area (Å²) in [5, 5.41) is 0.368. The Balaban J connectivity index is 0.893. The van der Waals surface area contributed by atoms with E-state index in [0.29, 0.717) is 17.1 Å². The maximum atomic E-state index is 5.28. The molecular weight excluding hydrogens is 757 g/mol. The summed E-state index contributed by atoms with van der Waals surface area (Å²) >= 11 is 2.01. The van der Waals surface area contributed by atoms with Gasteiger partial charge in [-0.05, 0) is 124 Å². The molecule has 3 unspecified atom stereocenters. The van der Waals surface area contributed by atoms with Gasteiger partial charge in [-0.15, -0.1) is 11.8 Å². The van der Waals surface area contributed by atoms with Crippen molar-refractivity contribution in [2.24, 2.45) is 5.92 Å². The third-order valence-corrected chi connectivity index (χ3v) is 17.6. The number of aromatic nitrogens is 2. The Labute approximate surface area is 365 Å². The minimum Gasteiger partial charge on any atom is -0.228 e. The van der Waals surface area contributed by atoms with E-state index in [4.69, 9.17) is 9.97 Å². The molecule has 300 valence electrons. The average molecular weight is 809 g/mol. The Hall–Kier alpha value is -5.25. The lowest BCUT2D eigenvalue weighted by molar-refractivity contribution is 0.242. The van der Waals surface area contributed by atoms with Crippen molar-refractivity contribution < 1.29 is 0 Å². The molecule has 2 fully saturated rings. The Morgan fingerprint density at radius 1 is 0.672 bits per heavy atom. The van der Waals surface area contributed by atoms with Crippen molar-refractivity contribution in [3.05, 3.63) is 184 Å². The van der Waals surface area contributed by atoms with Crippen LogP contribution >= 0.6 is 11.8 Å². The topological polar surface area (TPSA) is 25.8 Å². The highest BCUT2D eigenvalue weighted by Gasteiger charge is 2.54. The van der Waals surface area contributed by atoms with Crippen LogP contribution in [0.3, 0.4) is 0 Å². The van der Waals surface area contributed by atoms with Crippen molar-refractivity contribution >= 4 is 34.1 Å². The van der Waals surface area contributed by atoms with Crippen LogP contribution < -0.4 is 0 Å². The largest absolute Gasteiger partial charge is 0.228 e. The minimum absolute atomic E-state index is 0.208. The van der Waals surface area contributed by atoms with Gasteiger partial charge in [-0.2, -0.15) is 0 Å². The first-order valence-electron chi connectivity index (χ1n) is 23.4. The predicted octanol–water partition coefficient (Wildman–Crippen LogP) is 15.0. The van der Waals surface area contributed by atoms with E-state index in [2.05, 4.69) is 140 Å². The number of allylic oxidation sites excluding steroid dienone is 11. The molecule has 2 saturated carbocycles. The smallest absolute Gasteiger partial charge is 0.160 e. The number of hydrogen-bond acceptors (Lipinski definition) is 3. The van der Waals surface area contributed by atoms with Crippen LogP contribution in [-0.4, -0.2) is 15.2 Å². The maximum Gasteiger partial charge on any atom is 0.160 e. The molecule has 5 aromatic rings. The summed E-state index contributed by atoms with van der Waals surface area (Å²) in [6.07, 6.45) is 33.6. The fourth-order valence-corrected chi connectivity index (χ4v) is 14.8. The van der Waals surface area contributed by atoms with E-state index in [9.17, 15) is 0 Å². The fraction of sp³-hybridized carbons (Fsp3) is 0.310. The second kappa shape index (κ2) is 14.1. The second-order valence-corrected chi connectivity index (χ2v) is 20.4.